The lowest BCUT2D eigenvalue weighted by Crippen LogP contribution is -2.14. The molecule has 1 rings (SSSR count). The largest absolute Gasteiger partial charge is 0.393 e. The van der Waals surface area contributed by atoms with E-state index in [0.29, 0.717) is 6.42 Å². The molecule has 1 N–H and O–H groups in total. The van der Waals surface area contributed by atoms with E-state index in [1.165, 1.54) is 12.1 Å². The van der Waals surface area contributed by atoms with Gasteiger partial charge in [-0.05, 0) is 36.6 Å². The molecule has 0 saturated carbocycles. The maximum atomic E-state index is 13.1. The zero-order valence-electron chi connectivity index (χ0n) is 8.92. The summed E-state index contributed by atoms with van der Waals surface area (Å²) in [6, 6.07) is 4.91. The van der Waals surface area contributed by atoms with Gasteiger partial charge in [0.25, 0.3) is 0 Å². The molecule has 0 aliphatic rings. The number of benzene rings is 1. The van der Waals surface area contributed by atoms with Gasteiger partial charge in [-0.3, -0.25) is 0 Å². The first-order valence-corrected chi connectivity index (χ1v) is 4.99. The SMILES string of the molecule is CCC(O)C(C)c1cc(C)cc(F)c1. The van der Waals surface area contributed by atoms with E-state index in [4.69, 9.17) is 0 Å². The van der Waals surface area contributed by atoms with Crippen LogP contribution in [0.15, 0.2) is 18.2 Å². The number of aliphatic hydroxyl groups is 1. The molecule has 2 heteroatoms. The molecule has 14 heavy (non-hydrogen) atoms. The van der Waals surface area contributed by atoms with E-state index < -0.39 is 6.10 Å². The van der Waals surface area contributed by atoms with Gasteiger partial charge in [0.2, 0.25) is 0 Å². The number of hydrogen-bond acceptors (Lipinski definition) is 1. The van der Waals surface area contributed by atoms with E-state index in [-0.39, 0.29) is 11.7 Å². The average molecular weight is 196 g/mol. The molecule has 0 bridgehead atoms. The van der Waals surface area contributed by atoms with E-state index in [0.717, 1.165) is 11.1 Å². The Morgan fingerprint density at radius 2 is 2.00 bits per heavy atom. The summed E-state index contributed by atoms with van der Waals surface area (Å²) in [5, 5.41) is 9.64. The Hall–Kier alpha value is -0.890. The minimum atomic E-state index is -0.392. The third-order valence-corrected chi connectivity index (χ3v) is 2.59. The highest BCUT2D eigenvalue weighted by atomic mass is 19.1. The maximum absolute atomic E-state index is 13.1. The van der Waals surface area contributed by atoms with Gasteiger partial charge in [0, 0.05) is 5.92 Å². The van der Waals surface area contributed by atoms with Crippen LogP contribution in [0.2, 0.25) is 0 Å². The topological polar surface area (TPSA) is 20.2 Å². The predicted octanol–water partition coefficient (Wildman–Crippen LogP) is 3.01. The normalized spacial score (nSPS) is 15.2. The van der Waals surface area contributed by atoms with Crippen LogP contribution in [0, 0.1) is 12.7 Å². The third-order valence-electron chi connectivity index (χ3n) is 2.59. The summed E-state index contributed by atoms with van der Waals surface area (Å²) in [4.78, 5) is 0. The van der Waals surface area contributed by atoms with Crippen molar-refractivity contribution in [2.75, 3.05) is 0 Å². The Kier molecular flexibility index (Phi) is 3.64. The molecule has 78 valence electrons. The zero-order chi connectivity index (χ0) is 10.7. The summed E-state index contributed by atoms with van der Waals surface area (Å²) in [6.07, 6.45) is 0.299. The van der Waals surface area contributed by atoms with Crippen LogP contribution >= 0.6 is 0 Å². The Morgan fingerprint density at radius 3 is 2.50 bits per heavy atom. The van der Waals surface area contributed by atoms with Crippen molar-refractivity contribution < 1.29 is 9.50 Å². The Morgan fingerprint density at radius 1 is 1.36 bits per heavy atom. The number of rotatable bonds is 3. The van der Waals surface area contributed by atoms with Gasteiger partial charge in [0.05, 0.1) is 6.10 Å². The molecule has 0 saturated heterocycles. The van der Waals surface area contributed by atoms with Crippen LogP contribution in [0.25, 0.3) is 0 Å². The first-order chi connectivity index (χ1) is 6.54. The molecule has 0 fully saturated rings. The molecule has 0 aromatic heterocycles. The van der Waals surface area contributed by atoms with Gasteiger partial charge in [-0.25, -0.2) is 4.39 Å². The van der Waals surface area contributed by atoms with Gasteiger partial charge >= 0.3 is 0 Å². The van der Waals surface area contributed by atoms with E-state index in [1.54, 1.807) is 0 Å². The molecule has 0 spiro atoms. The second-order valence-corrected chi connectivity index (χ2v) is 3.83. The fourth-order valence-electron chi connectivity index (χ4n) is 1.60. The summed E-state index contributed by atoms with van der Waals surface area (Å²) in [7, 11) is 0. The zero-order valence-corrected chi connectivity index (χ0v) is 8.92. The van der Waals surface area contributed by atoms with Crippen molar-refractivity contribution in [3.8, 4) is 0 Å². The molecule has 2 unspecified atom stereocenters. The molecule has 1 aromatic rings. The van der Waals surface area contributed by atoms with Crippen LogP contribution < -0.4 is 0 Å². The number of aryl methyl sites for hydroxylation is 1. The highest BCUT2D eigenvalue weighted by Gasteiger charge is 2.15. The van der Waals surface area contributed by atoms with Gasteiger partial charge in [0.1, 0.15) is 5.82 Å². The quantitative estimate of drug-likeness (QED) is 0.788. The van der Waals surface area contributed by atoms with Crippen molar-refractivity contribution in [2.24, 2.45) is 0 Å². The molecule has 0 heterocycles. The molecule has 1 aromatic carbocycles. The summed E-state index contributed by atoms with van der Waals surface area (Å²) in [5.41, 5.74) is 1.77. The monoisotopic (exact) mass is 196 g/mol. The first-order valence-electron chi connectivity index (χ1n) is 4.99. The smallest absolute Gasteiger partial charge is 0.123 e. The fourth-order valence-corrected chi connectivity index (χ4v) is 1.60. The minimum Gasteiger partial charge on any atom is -0.393 e. The van der Waals surface area contributed by atoms with Crippen molar-refractivity contribution in [1.29, 1.82) is 0 Å². The maximum Gasteiger partial charge on any atom is 0.123 e. The molecule has 0 aliphatic heterocycles. The van der Waals surface area contributed by atoms with E-state index >= 15 is 0 Å². The summed E-state index contributed by atoms with van der Waals surface area (Å²) < 4.78 is 13.1. The van der Waals surface area contributed by atoms with Crippen LogP contribution in [0.3, 0.4) is 0 Å². The number of hydrogen-bond donors (Lipinski definition) is 1. The van der Waals surface area contributed by atoms with Gasteiger partial charge in [-0.1, -0.05) is 19.9 Å². The lowest BCUT2D eigenvalue weighted by Gasteiger charge is -2.18. The Balaban J connectivity index is 2.94. The van der Waals surface area contributed by atoms with E-state index in [2.05, 4.69) is 0 Å². The lowest BCUT2D eigenvalue weighted by atomic mass is 9.93. The summed E-state index contributed by atoms with van der Waals surface area (Å²) in [5.74, 6) is -0.232. The second kappa shape index (κ2) is 4.56. The molecule has 1 nitrogen and oxygen atoms in total. The van der Waals surface area contributed by atoms with Gasteiger partial charge in [-0.15, -0.1) is 0 Å². The van der Waals surface area contributed by atoms with Crippen LogP contribution in [-0.4, -0.2) is 11.2 Å². The molecule has 0 radical (unpaired) electrons. The molecular formula is C12H17FO. The molecule has 2 atom stereocenters. The van der Waals surface area contributed by atoms with E-state index in [1.807, 2.05) is 26.8 Å². The standard InChI is InChI=1S/C12H17FO/c1-4-12(14)9(3)10-5-8(2)6-11(13)7-10/h5-7,9,12,14H,4H2,1-3H3. The van der Waals surface area contributed by atoms with Crippen LogP contribution in [0.4, 0.5) is 4.39 Å². The van der Waals surface area contributed by atoms with Gasteiger partial charge in [0.15, 0.2) is 0 Å². The Labute approximate surface area is 84.6 Å². The van der Waals surface area contributed by atoms with Crippen molar-refractivity contribution in [3.05, 3.63) is 35.1 Å². The fraction of sp³-hybridized carbons (Fsp3) is 0.500. The molecule has 0 amide bonds. The van der Waals surface area contributed by atoms with Crippen molar-refractivity contribution in [2.45, 2.75) is 39.2 Å². The first kappa shape index (κ1) is 11.2. The minimum absolute atomic E-state index is 0.00519. The highest BCUT2D eigenvalue weighted by molar-refractivity contribution is 5.26. The van der Waals surface area contributed by atoms with Crippen molar-refractivity contribution in [1.82, 2.24) is 0 Å². The lowest BCUT2D eigenvalue weighted by molar-refractivity contribution is 0.145. The highest BCUT2D eigenvalue weighted by Crippen LogP contribution is 2.22. The Bertz CT molecular complexity index is 289. The number of aliphatic hydroxyl groups excluding tert-OH is 1. The van der Waals surface area contributed by atoms with Crippen LogP contribution in [0.5, 0.6) is 0 Å². The van der Waals surface area contributed by atoms with Crippen LogP contribution in [-0.2, 0) is 0 Å². The third kappa shape index (κ3) is 2.55. The number of halogens is 1. The van der Waals surface area contributed by atoms with Gasteiger partial charge in [-0.2, -0.15) is 0 Å². The van der Waals surface area contributed by atoms with Crippen molar-refractivity contribution >= 4 is 0 Å². The van der Waals surface area contributed by atoms with Gasteiger partial charge < -0.3 is 5.11 Å². The summed E-state index contributed by atoms with van der Waals surface area (Å²) in [6.45, 7) is 5.70. The molecular weight excluding hydrogens is 179 g/mol. The summed E-state index contributed by atoms with van der Waals surface area (Å²) >= 11 is 0. The van der Waals surface area contributed by atoms with Crippen molar-refractivity contribution in [3.63, 3.8) is 0 Å². The van der Waals surface area contributed by atoms with Crippen LogP contribution in [0.1, 0.15) is 37.3 Å². The predicted molar refractivity (Wildman–Crippen MR) is 55.8 cm³/mol. The average Bonchev–Trinajstić information content (AvgIpc) is 2.14. The molecule has 0 aliphatic carbocycles. The van der Waals surface area contributed by atoms with E-state index in [9.17, 15) is 9.50 Å². The second-order valence-electron chi connectivity index (χ2n) is 3.83.